The van der Waals surface area contributed by atoms with Crippen molar-refractivity contribution >= 4 is 0 Å². The van der Waals surface area contributed by atoms with E-state index in [9.17, 15) is 0 Å². The van der Waals surface area contributed by atoms with E-state index in [-0.39, 0.29) is 0 Å². The molecule has 4 heteroatoms. The van der Waals surface area contributed by atoms with Gasteiger partial charge < -0.3 is 19.3 Å². The van der Waals surface area contributed by atoms with E-state index in [0.717, 1.165) is 44.2 Å². The van der Waals surface area contributed by atoms with Gasteiger partial charge in [-0.2, -0.15) is 0 Å². The molecule has 0 atom stereocenters. The molecule has 0 N–H and O–H groups in total. The first-order chi connectivity index (χ1) is 10.3. The van der Waals surface area contributed by atoms with Gasteiger partial charge in [0, 0.05) is 32.7 Å². The molecule has 1 aliphatic rings. The molecule has 4 nitrogen and oxygen atoms in total. The summed E-state index contributed by atoms with van der Waals surface area (Å²) in [6.07, 6.45) is 2.78. The van der Waals surface area contributed by atoms with Crippen LogP contribution in [-0.4, -0.2) is 62.8 Å². The molecule has 1 aromatic carbocycles. The van der Waals surface area contributed by atoms with Crippen molar-refractivity contribution in [3.63, 3.8) is 0 Å². The van der Waals surface area contributed by atoms with Gasteiger partial charge in [0.25, 0.3) is 0 Å². The van der Waals surface area contributed by atoms with Crippen molar-refractivity contribution < 1.29 is 9.47 Å². The normalized spacial score (nSPS) is 16.6. The highest BCUT2D eigenvalue weighted by molar-refractivity contribution is 5.39. The van der Waals surface area contributed by atoms with Crippen LogP contribution in [-0.2, 0) is 0 Å². The third-order valence-corrected chi connectivity index (χ3v) is 3.68. The van der Waals surface area contributed by atoms with Gasteiger partial charge in [0.2, 0.25) is 0 Å². The fraction of sp³-hybridized carbons (Fsp3) is 0.529. The Balaban J connectivity index is 1.69. The van der Waals surface area contributed by atoms with Crippen molar-refractivity contribution in [3.8, 4) is 11.5 Å². The fourth-order valence-electron chi connectivity index (χ4n) is 2.38. The molecule has 1 saturated heterocycles. The van der Waals surface area contributed by atoms with Crippen LogP contribution in [0.2, 0.25) is 0 Å². The summed E-state index contributed by atoms with van der Waals surface area (Å²) in [5.74, 6) is 1.61. The Bertz CT molecular complexity index is 429. The number of hydrogen-bond acceptors (Lipinski definition) is 4. The molecule has 0 saturated carbocycles. The first-order valence-electron chi connectivity index (χ1n) is 7.66. The minimum absolute atomic E-state index is 0.502. The second-order valence-corrected chi connectivity index (χ2v) is 5.39. The number of ether oxygens (including phenoxy) is 2. The molecule has 21 heavy (non-hydrogen) atoms. The zero-order valence-electron chi connectivity index (χ0n) is 13.0. The lowest BCUT2D eigenvalue weighted by Crippen LogP contribution is -2.44. The van der Waals surface area contributed by atoms with Gasteiger partial charge in [-0.1, -0.05) is 24.8 Å². The molecule has 1 aliphatic heterocycles. The average molecular weight is 290 g/mol. The first-order valence-corrected chi connectivity index (χ1v) is 7.66. The summed E-state index contributed by atoms with van der Waals surface area (Å²) in [4.78, 5) is 4.88. The lowest BCUT2D eigenvalue weighted by Gasteiger charge is -2.32. The molecule has 116 valence electrons. The average Bonchev–Trinajstić information content (AvgIpc) is 2.52. The summed E-state index contributed by atoms with van der Waals surface area (Å²) in [7, 11) is 2.18. The standard InChI is InChI=1S/C17H26N2O2/c1-3-14-20-16-7-4-5-8-17(16)21-15-6-9-19-12-10-18(2)11-13-19/h3-5,7-8H,1,6,9-15H2,2H3. The predicted molar refractivity (Wildman–Crippen MR) is 86.2 cm³/mol. The molecular weight excluding hydrogens is 264 g/mol. The van der Waals surface area contributed by atoms with Crippen LogP contribution in [0.1, 0.15) is 6.42 Å². The van der Waals surface area contributed by atoms with E-state index < -0.39 is 0 Å². The van der Waals surface area contributed by atoms with Gasteiger partial charge in [-0.3, -0.25) is 0 Å². The van der Waals surface area contributed by atoms with E-state index in [0.29, 0.717) is 6.61 Å². The van der Waals surface area contributed by atoms with Crippen molar-refractivity contribution in [2.24, 2.45) is 0 Å². The van der Waals surface area contributed by atoms with Crippen molar-refractivity contribution in [2.45, 2.75) is 6.42 Å². The molecule has 2 rings (SSSR count). The van der Waals surface area contributed by atoms with E-state index in [4.69, 9.17) is 9.47 Å². The Morgan fingerprint density at radius 3 is 2.43 bits per heavy atom. The first kappa shape index (κ1) is 15.9. The third-order valence-electron chi connectivity index (χ3n) is 3.68. The number of piperazine rings is 1. The Hall–Kier alpha value is -1.52. The van der Waals surface area contributed by atoms with E-state index in [1.807, 2.05) is 24.3 Å². The lowest BCUT2D eigenvalue weighted by molar-refractivity contribution is 0.145. The van der Waals surface area contributed by atoms with Gasteiger partial charge in [-0.15, -0.1) is 0 Å². The van der Waals surface area contributed by atoms with Gasteiger partial charge in [0.05, 0.1) is 6.61 Å². The van der Waals surface area contributed by atoms with Crippen LogP contribution in [0.4, 0.5) is 0 Å². The van der Waals surface area contributed by atoms with Crippen molar-refractivity contribution in [1.29, 1.82) is 0 Å². The molecule has 1 aromatic rings. The molecule has 1 fully saturated rings. The van der Waals surface area contributed by atoms with E-state index in [2.05, 4.69) is 23.4 Å². The Kier molecular flexibility index (Phi) is 6.57. The van der Waals surface area contributed by atoms with E-state index >= 15 is 0 Å². The summed E-state index contributed by atoms with van der Waals surface area (Å²) in [5.41, 5.74) is 0. The number of para-hydroxylation sites is 2. The Labute approximate surface area is 127 Å². The smallest absolute Gasteiger partial charge is 0.161 e. The SMILES string of the molecule is C=CCOc1ccccc1OCCCN1CCN(C)CC1. The van der Waals surface area contributed by atoms with Gasteiger partial charge in [-0.05, 0) is 25.6 Å². The highest BCUT2D eigenvalue weighted by atomic mass is 16.5. The van der Waals surface area contributed by atoms with Crippen LogP contribution in [0, 0.1) is 0 Å². The number of hydrogen-bond donors (Lipinski definition) is 0. The second kappa shape index (κ2) is 8.70. The molecule has 0 unspecified atom stereocenters. The number of benzene rings is 1. The highest BCUT2D eigenvalue weighted by Gasteiger charge is 2.13. The van der Waals surface area contributed by atoms with Crippen molar-refractivity contribution in [3.05, 3.63) is 36.9 Å². The quantitative estimate of drug-likeness (QED) is 0.542. The summed E-state index contributed by atoms with van der Waals surface area (Å²) in [6, 6.07) is 7.81. The number of likely N-dealkylation sites (N-methyl/N-ethyl adjacent to an activating group) is 1. The minimum Gasteiger partial charge on any atom is -0.490 e. The van der Waals surface area contributed by atoms with Crippen LogP contribution >= 0.6 is 0 Å². The number of nitrogens with zero attached hydrogens (tertiary/aromatic N) is 2. The van der Waals surface area contributed by atoms with Gasteiger partial charge in [0.1, 0.15) is 6.61 Å². The molecule has 0 amide bonds. The summed E-state index contributed by atoms with van der Waals surface area (Å²) >= 11 is 0. The monoisotopic (exact) mass is 290 g/mol. The van der Waals surface area contributed by atoms with Gasteiger partial charge in [-0.25, -0.2) is 0 Å². The summed E-state index contributed by atoms with van der Waals surface area (Å²) in [5, 5.41) is 0. The molecule has 0 spiro atoms. The number of rotatable bonds is 8. The topological polar surface area (TPSA) is 24.9 Å². The summed E-state index contributed by atoms with van der Waals surface area (Å²) < 4.78 is 11.4. The molecular formula is C17H26N2O2. The maximum Gasteiger partial charge on any atom is 0.161 e. The maximum absolute atomic E-state index is 5.85. The third kappa shape index (κ3) is 5.40. The van der Waals surface area contributed by atoms with Crippen LogP contribution in [0.15, 0.2) is 36.9 Å². The van der Waals surface area contributed by atoms with Crippen LogP contribution in [0.3, 0.4) is 0 Å². The molecule has 0 aliphatic carbocycles. The van der Waals surface area contributed by atoms with Crippen LogP contribution in [0.5, 0.6) is 11.5 Å². The van der Waals surface area contributed by atoms with Crippen molar-refractivity contribution in [2.75, 3.05) is 53.0 Å². The van der Waals surface area contributed by atoms with E-state index in [1.54, 1.807) is 6.08 Å². The van der Waals surface area contributed by atoms with E-state index in [1.165, 1.54) is 13.1 Å². The molecule has 0 aromatic heterocycles. The zero-order chi connectivity index (χ0) is 14.9. The Morgan fingerprint density at radius 2 is 1.76 bits per heavy atom. The minimum atomic E-state index is 0.502. The lowest BCUT2D eigenvalue weighted by atomic mass is 10.3. The molecule has 0 radical (unpaired) electrons. The largest absolute Gasteiger partial charge is 0.490 e. The fourth-order valence-corrected chi connectivity index (χ4v) is 2.38. The summed E-state index contributed by atoms with van der Waals surface area (Å²) in [6.45, 7) is 10.6. The predicted octanol–water partition coefficient (Wildman–Crippen LogP) is 2.27. The van der Waals surface area contributed by atoms with Gasteiger partial charge >= 0.3 is 0 Å². The second-order valence-electron chi connectivity index (χ2n) is 5.39. The maximum atomic E-state index is 5.85. The Morgan fingerprint density at radius 1 is 1.10 bits per heavy atom. The molecule has 0 bridgehead atoms. The zero-order valence-corrected chi connectivity index (χ0v) is 13.0. The van der Waals surface area contributed by atoms with Crippen LogP contribution < -0.4 is 9.47 Å². The molecule has 1 heterocycles. The van der Waals surface area contributed by atoms with Crippen LogP contribution in [0.25, 0.3) is 0 Å². The van der Waals surface area contributed by atoms with Crippen molar-refractivity contribution in [1.82, 2.24) is 9.80 Å². The highest BCUT2D eigenvalue weighted by Crippen LogP contribution is 2.26. The van der Waals surface area contributed by atoms with Gasteiger partial charge in [0.15, 0.2) is 11.5 Å².